The quantitative estimate of drug-likeness (QED) is 0.690. The van der Waals surface area contributed by atoms with Crippen molar-refractivity contribution in [2.24, 2.45) is 0 Å². The van der Waals surface area contributed by atoms with Crippen LogP contribution in [0.15, 0.2) is 42.5 Å². The van der Waals surface area contributed by atoms with E-state index in [0.717, 1.165) is 18.8 Å². The number of hydrogen-bond donors (Lipinski definition) is 1. The van der Waals surface area contributed by atoms with Crippen LogP contribution in [0, 0.1) is 10.1 Å². The van der Waals surface area contributed by atoms with Crippen molar-refractivity contribution in [3.8, 4) is 0 Å². The Balaban J connectivity index is 1.92. The highest BCUT2D eigenvalue weighted by molar-refractivity contribution is 5.67. The van der Waals surface area contributed by atoms with Gasteiger partial charge in [0.15, 0.2) is 0 Å². The van der Waals surface area contributed by atoms with E-state index in [4.69, 9.17) is 4.74 Å². The summed E-state index contributed by atoms with van der Waals surface area (Å²) in [6.45, 7) is 2.74. The summed E-state index contributed by atoms with van der Waals surface area (Å²) >= 11 is 0. The molecule has 1 aliphatic rings. The van der Waals surface area contributed by atoms with Crippen molar-refractivity contribution < 1.29 is 9.66 Å². The molecule has 0 atom stereocenters. The van der Waals surface area contributed by atoms with E-state index in [2.05, 4.69) is 15.2 Å². The van der Waals surface area contributed by atoms with E-state index < -0.39 is 4.92 Å². The molecule has 0 radical (unpaired) electrons. The third-order valence-corrected chi connectivity index (χ3v) is 3.43. The van der Waals surface area contributed by atoms with Crippen molar-refractivity contribution >= 4 is 23.0 Å². The average molecular weight is 300 g/mol. The number of aromatic nitrogens is 1. The van der Waals surface area contributed by atoms with Crippen LogP contribution in [-0.2, 0) is 4.74 Å². The summed E-state index contributed by atoms with van der Waals surface area (Å²) in [6.07, 6.45) is 0. The molecule has 22 heavy (non-hydrogen) atoms. The largest absolute Gasteiger partial charge is 0.378 e. The van der Waals surface area contributed by atoms with Gasteiger partial charge in [-0.25, -0.2) is 4.98 Å². The number of nitro groups is 1. The molecule has 1 N–H and O–H groups in total. The predicted octanol–water partition coefficient (Wildman–Crippen LogP) is 2.57. The second-order valence-corrected chi connectivity index (χ2v) is 4.88. The second kappa shape index (κ2) is 6.40. The molecule has 0 aliphatic carbocycles. The van der Waals surface area contributed by atoms with Crippen molar-refractivity contribution in [1.82, 2.24) is 4.98 Å². The normalized spacial score (nSPS) is 14.6. The lowest BCUT2D eigenvalue weighted by Gasteiger charge is -2.28. The van der Waals surface area contributed by atoms with E-state index in [1.165, 1.54) is 6.07 Å². The molecule has 1 saturated heterocycles. The van der Waals surface area contributed by atoms with Gasteiger partial charge in [0.1, 0.15) is 5.82 Å². The van der Waals surface area contributed by atoms with Gasteiger partial charge in [0.2, 0.25) is 5.82 Å². The van der Waals surface area contributed by atoms with Gasteiger partial charge in [-0.3, -0.25) is 10.1 Å². The Morgan fingerprint density at radius 3 is 2.55 bits per heavy atom. The number of morpholine rings is 1. The van der Waals surface area contributed by atoms with Gasteiger partial charge in [0.05, 0.1) is 18.1 Å². The number of rotatable bonds is 4. The van der Waals surface area contributed by atoms with Crippen LogP contribution in [0.25, 0.3) is 0 Å². The molecule has 7 heteroatoms. The van der Waals surface area contributed by atoms with Gasteiger partial charge in [0.25, 0.3) is 0 Å². The smallest absolute Gasteiger partial charge is 0.311 e. The number of para-hydroxylation sites is 1. The van der Waals surface area contributed by atoms with Crippen molar-refractivity contribution in [3.63, 3.8) is 0 Å². The van der Waals surface area contributed by atoms with E-state index in [9.17, 15) is 10.1 Å². The molecule has 0 bridgehead atoms. The van der Waals surface area contributed by atoms with Gasteiger partial charge in [-0.2, -0.15) is 0 Å². The highest BCUT2D eigenvalue weighted by atomic mass is 16.6. The molecular formula is C15H16N4O3. The minimum Gasteiger partial charge on any atom is -0.378 e. The van der Waals surface area contributed by atoms with Crippen LogP contribution < -0.4 is 10.2 Å². The molecule has 0 spiro atoms. The highest BCUT2D eigenvalue weighted by Gasteiger charge is 2.19. The maximum Gasteiger partial charge on any atom is 0.311 e. The van der Waals surface area contributed by atoms with Crippen molar-refractivity contribution in [2.45, 2.75) is 0 Å². The molecule has 114 valence electrons. The predicted molar refractivity (Wildman–Crippen MR) is 83.6 cm³/mol. The van der Waals surface area contributed by atoms with Crippen LogP contribution >= 0.6 is 0 Å². The highest BCUT2D eigenvalue weighted by Crippen LogP contribution is 2.28. The van der Waals surface area contributed by atoms with Crippen molar-refractivity contribution in [3.05, 3.63) is 52.6 Å². The first-order valence-electron chi connectivity index (χ1n) is 7.04. The fourth-order valence-electron chi connectivity index (χ4n) is 2.31. The number of pyridine rings is 1. The molecule has 1 fully saturated rings. The molecule has 0 unspecified atom stereocenters. The Kier molecular flexibility index (Phi) is 4.15. The van der Waals surface area contributed by atoms with Crippen LogP contribution in [0.3, 0.4) is 0 Å². The number of nitrogens with zero attached hydrogens (tertiary/aromatic N) is 3. The Morgan fingerprint density at radius 1 is 1.14 bits per heavy atom. The van der Waals surface area contributed by atoms with E-state index in [0.29, 0.717) is 19.0 Å². The Bertz CT molecular complexity index is 657. The Hall–Kier alpha value is -2.67. The lowest BCUT2D eigenvalue weighted by molar-refractivity contribution is -0.384. The minimum atomic E-state index is -0.429. The van der Waals surface area contributed by atoms with Crippen molar-refractivity contribution in [1.29, 1.82) is 0 Å². The molecular weight excluding hydrogens is 284 g/mol. The SMILES string of the molecule is O=[N+]([O-])c1ccc(N2CCOCC2)nc1Nc1ccccc1. The van der Waals surface area contributed by atoms with E-state index >= 15 is 0 Å². The summed E-state index contributed by atoms with van der Waals surface area (Å²) in [5, 5.41) is 14.2. The lowest BCUT2D eigenvalue weighted by Crippen LogP contribution is -2.36. The Morgan fingerprint density at radius 2 is 1.86 bits per heavy atom. The molecule has 2 heterocycles. The number of benzene rings is 1. The maximum atomic E-state index is 11.2. The molecule has 2 aromatic rings. The summed E-state index contributed by atoms with van der Waals surface area (Å²) in [7, 11) is 0. The van der Waals surface area contributed by atoms with Crippen LogP contribution in [0.2, 0.25) is 0 Å². The van der Waals surface area contributed by atoms with E-state index in [1.807, 2.05) is 30.3 Å². The summed E-state index contributed by atoms with van der Waals surface area (Å²) in [5.41, 5.74) is 0.720. The van der Waals surface area contributed by atoms with Gasteiger partial charge < -0.3 is 15.0 Å². The first kappa shape index (κ1) is 14.3. The number of ether oxygens (including phenoxy) is 1. The number of nitrogens with one attached hydrogen (secondary N) is 1. The fraction of sp³-hybridized carbons (Fsp3) is 0.267. The molecule has 1 aromatic carbocycles. The zero-order valence-corrected chi connectivity index (χ0v) is 11.9. The number of anilines is 3. The minimum absolute atomic E-state index is 0.0409. The molecule has 1 aliphatic heterocycles. The maximum absolute atomic E-state index is 11.2. The van der Waals surface area contributed by atoms with Gasteiger partial charge in [0, 0.05) is 24.8 Å². The lowest BCUT2D eigenvalue weighted by atomic mass is 10.3. The van der Waals surface area contributed by atoms with Gasteiger partial charge in [-0.05, 0) is 18.2 Å². The van der Waals surface area contributed by atoms with Gasteiger partial charge in [-0.15, -0.1) is 0 Å². The van der Waals surface area contributed by atoms with E-state index in [1.54, 1.807) is 6.07 Å². The summed E-state index contributed by atoms with van der Waals surface area (Å²) in [4.78, 5) is 17.3. The standard InChI is InChI=1S/C15H16N4O3/c20-19(21)13-6-7-14(18-8-10-22-11-9-18)17-15(13)16-12-4-2-1-3-5-12/h1-7H,8-11H2,(H,16,17). The van der Waals surface area contributed by atoms with Crippen LogP contribution in [0.5, 0.6) is 0 Å². The first-order valence-corrected chi connectivity index (χ1v) is 7.04. The van der Waals surface area contributed by atoms with E-state index in [-0.39, 0.29) is 11.5 Å². The summed E-state index contributed by atoms with van der Waals surface area (Å²) < 4.78 is 5.32. The summed E-state index contributed by atoms with van der Waals surface area (Å²) in [5.74, 6) is 0.965. The topological polar surface area (TPSA) is 80.5 Å². The third-order valence-electron chi connectivity index (χ3n) is 3.43. The number of hydrogen-bond acceptors (Lipinski definition) is 6. The monoisotopic (exact) mass is 300 g/mol. The fourth-order valence-corrected chi connectivity index (χ4v) is 2.31. The molecule has 0 amide bonds. The average Bonchev–Trinajstić information content (AvgIpc) is 2.56. The zero-order valence-electron chi connectivity index (χ0n) is 11.9. The first-order chi connectivity index (χ1) is 10.7. The van der Waals surface area contributed by atoms with Crippen LogP contribution in [0.1, 0.15) is 0 Å². The second-order valence-electron chi connectivity index (χ2n) is 4.88. The van der Waals surface area contributed by atoms with Gasteiger partial charge >= 0.3 is 5.69 Å². The Labute approximate surface area is 127 Å². The van der Waals surface area contributed by atoms with Crippen LogP contribution in [-0.4, -0.2) is 36.2 Å². The molecule has 3 rings (SSSR count). The van der Waals surface area contributed by atoms with Gasteiger partial charge in [-0.1, -0.05) is 18.2 Å². The third kappa shape index (κ3) is 3.15. The summed E-state index contributed by atoms with van der Waals surface area (Å²) in [6, 6.07) is 12.5. The molecule has 1 aromatic heterocycles. The molecule has 7 nitrogen and oxygen atoms in total. The zero-order chi connectivity index (χ0) is 15.4. The van der Waals surface area contributed by atoms with Crippen LogP contribution in [0.4, 0.5) is 23.0 Å². The van der Waals surface area contributed by atoms with Crippen molar-refractivity contribution in [2.75, 3.05) is 36.5 Å². The molecule has 0 saturated carbocycles.